The van der Waals surface area contributed by atoms with Crippen LogP contribution in [0.1, 0.15) is 30.1 Å². The number of aromatic nitrogens is 3. The van der Waals surface area contributed by atoms with E-state index in [1.54, 1.807) is 12.1 Å². The van der Waals surface area contributed by atoms with Crippen LogP contribution in [-0.4, -0.2) is 27.3 Å². The number of nitrogens with zero attached hydrogens (tertiary/aromatic N) is 3. The molecule has 1 heterocycles. The topological polar surface area (TPSA) is 57.0 Å². The zero-order valence-electron chi connectivity index (χ0n) is 14.2. The van der Waals surface area contributed by atoms with Crippen LogP contribution in [0.25, 0.3) is 11.4 Å². The molecular formula is C19H17Cl2N3O2. The first kappa shape index (κ1) is 18.4. The molecule has 0 saturated heterocycles. The first-order chi connectivity index (χ1) is 12.6. The van der Waals surface area contributed by atoms with E-state index in [2.05, 4.69) is 17.0 Å². The van der Waals surface area contributed by atoms with Crippen LogP contribution in [0.4, 0.5) is 0 Å². The molecule has 3 aromatic rings. The van der Waals surface area contributed by atoms with Gasteiger partial charge in [0.1, 0.15) is 0 Å². The van der Waals surface area contributed by atoms with Crippen LogP contribution in [0.3, 0.4) is 0 Å². The third-order valence-electron chi connectivity index (χ3n) is 3.70. The van der Waals surface area contributed by atoms with Crippen molar-refractivity contribution in [2.45, 2.75) is 19.8 Å². The van der Waals surface area contributed by atoms with Gasteiger partial charge in [-0.3, -0.25) is 4.79 Å². The molecule has 3 rings (SSSR count). The molecule has 134 valence electrons. The monoisotopic (exact) mass is 389 g/mol. The first-order valence-electron chi connectivity index (χ1n) is 8.25. The number of benzene rings is 2. The third-order valence-corrected chi connectivity index (χ3v) is 4.25. The van der Waals surface area contributed by atoms with Gasteiger partial charge in [0.25, 0.3) is 5.91 Å². The molecule has 7 heteroatoms. The van der Waals surface area contributed by atoms with Crippen molar-refractivity contribution < 1.29 is 9.53 Å². The SMILES string of the molecule is CCCCOc1nc(-c2ccccc2)n(C(=O)c2ccc(Cl)cc2Cl)n1. The highest BCUT2D eigenvalue weighted by Crippen LogP contribution is 2.25. The van der Waals surface area contributed by atoms with Crippen molar-refractivity contribution in [1.82, 2.24) is 14.8 Å². The van der Waals surface area contributed by atoms with Crippen LogP contribution >= 0.6 is 23.2 Å². The summed E-state index contributed by atoms with van der Waals surface area (Å²) in [6.45, 7) is 2.56. The number of rotatable bonds is 6. The molecular weight excluding hydrogens is 373 g/mol. The molecule has 0 amide bonds. The van der Waals surface area contributed by atoms with Crippen LogP contribution < -0.4 is 4.74 Å². The predicted molar refractivity (Wildman–Crippen MR) is 102 cm³/mol. The lowest BCUT2D eigenvalue weighted by Crippen LogP contribution is -2.16. The molecule has 2 aromatic carbocycles. The molecule has 0 aliphatic carbocycles. The lowest BCUT2D eigenvalue weighted by molar-refractivity contribution is 0.0945. The number of hydrogen-bond donors (Lipinski definition) is 0. The standard InChI is InChI=1S/C19H17Cl2N3O2/c1-2-3-11-26-19-22-17(13-7-5-4-6-8-13)24(23-19)18(25)15-10-9-14(20)12-16(15)21/h4-10,12H,2-3,11H2,1H3. The summed E-state index contributed by atoms with van der Waals surface area (Å²) in [6, 6.07) is 14.2. The van der Waals surface area contributed by atoms with Crippen LogP contribution in [0.15, 0.2) is 48.5 Å². The number of ether oxygens (including phenoxy) is 1. The summed E-state index contributed by atoms with van der Waals surface area (Å²) in [7, 11) is 0. The van der Waals surface area contributed by atoms with Gasteiger partial charge in [-0.25, -0.2) is 0 Å². The van der Waals surface area contributed by atoms with Gasteiger partial charge in [-0.1, -0.05) is 66.9 Å². The summed E-state index contributed by atoms with van der Waals surface area (Å²) in [6.07, 6.45) is 1.87. The lowest BCUT2D eigenvalue weighted by Gasteiger charge is -2.06. The molecule has 0 saturated carbocycles. The summed E-state index contributed by atoms with van der Waals surface area (Å²) in [5.41, 5.74) is 1.04. The normalized spacial score (nSPS) is 10.7. The second kappa shape index (κ2) is 8.34. The van der Waals surface area contributed by atoms with Crippen LogP contribution in [0, 0.1) is 0 Å². The van der Waals surface area contributed by atoms with Gasteiger partial charge >= 0.3 is 6.01 Å². The average Bonchev–Trinajstić information content (AvgIpc) is 3.06. The summed E-state index contributed by atoms with van der Waals surface area (Å²) in [5, 5.41) is 4.95. The van der Waals surface area contributed by atoms with Crippen molar-refractivity contribution in [3.8, 4) is 17.4 Å². The molecule has 0 N–H and O–H groups in total. The van der Waals surface area contributed by atoms with E-state index < -0.39 is 5.91 Å². The Morgan fingerprint density at radius 1 is 1.15 bits per heavy atom. The van der Waals surface area contributed by atoms with Gasteiger partial charge < -0.3 is 4.74 Å². The fraction of sp³-hybridized carbons (Fsp3) is 0.211. The molecule has 0 spiro atoms. The summed E-state index contributed by atoms with van der Waals surface area (Å²) >= 11 is 12.1. The zero-order valence-corrected chi connectivity index (χ0v) is 15.7. The van der Waals surface area contributed by atoms with Gasteiger partial charge in [0.2, 0.25) is 0 Å². The second-order valence-corrected chi connectivity index (χ2v) is 6.47. The Labute approximate surface area is 161 Å². The number of unbranched alkanes of at least 4 members (excludes halogenated alkanes) is 1. The quantitative estimate of drug-likeness (QED) is 0.549. The first-order valence-corrected chi connectivity index (χ1v) is 9.00. The molecule has 0 aliphatic rings. The molecule has 0 atom stereocenters. The summed E-state index contributed by atoms with van der Waals surface area (Å²) in [5.74, 6) is -0.00326. The molecule has 5 nitrogen and oxygen atoms in total. The van der Waals surface area contributed by atoms with E-state index >= 15 is 0 Å². The highest BCUT2D eigenvalue weighted by molar-refractivity contribution is 6.36. The van der Waals surface area contributed by atoms with Crippen LogP contribution in [0.5, 0.6) is 6.01 Å². The highest BCUT2D eigenvalue weighted by Gasteiger charge is 2.21. The number of carbonyl (C=O) groups is 1. The Morgan fingerprint density at radius 3 is 2.62 bits per heavy atom. The van der Waals surface area contributed by atoms with Crippen LogP contribution in [0.2, 0.25) is 10.0 Å². The van der Waals surface area contributed by atoms with Gasteiger partial charge in [-0.15, -0.1) is 5.10 Å². The molecule has 0 radical (unpaired) electrons. The maximum absolute atomic E-state index is 13.0. The van der Waals surface area contributed by atoms with E-state index in [0.29, 0.717) is 23.0 Å². The van der Waals surface area contributed by atoms with E-state index in [4.69, 9.17) is 27.9 Å². The highest BCUT2D eigenvalue weighted by atomic mass is 35.5. The van der Waals surface area contributed by atoms with Gasteiger partial charge in [-0.05, 0) is 24.6 Å². The summed E-state index contributed by atoms with van der Waals surface area (Å²) < 4.78 is 6.79. The third kappa shape index (κ3) is 4.06. The van der Waals surface area contributed by atoms with Gasteiger partial charge in [-0.2, -0.15) is 9.67 Å². The predicted octanol–water partition coefficient (Wildman–Crippen LogP) is 5.12. The molecule has 0 aliphatic heterocycles. The van der Waals surface area contributed by atoms with Crippen molar-refractivity contribution in [2.75, 3.05) is 6.61 Å². The van der Waals surface area contributed by atoms with Crippen molar-refractivity contribution in [3.05, 3.63) is 64.1 Å². The van der Waals surface area contributed by atoms with E-state index in [-0.39, 0.29) is 11.0 Å². The Bertz CT molecular complexity index is 910. The second-order valence-electron chi connectivity index (χ2n) is 5.63. The lowest BCUT2D eigenvalue weighted by atomic mass is 10.2. The minimum atomic E-state index is -0.400. The van der Waals surface area contributed by atoms with Crippen molar-refractivity contribution in [3.63, 3.8) is 0 Å². The van der Waals surface area contributed by atoms with Crippen LogP contribution in [-0.2, 0) is 0 Å². The largest absolute Gasteiger partial charge is 0.462 e. The Balaban J connectivity index is 2.02. The van der Waals surface area contributed by atoms with Crippen molar-refractivity contribution in [2.24, 2.45) is 0 Å². The van der Waals surface area contributed by atoms with Gasteiger partial charge in [0.05, 0.1) is 17.2 Å². The van der Waals surface area contributed by atoms with Gasteiger partial charge in [0, 0.05) is 10.6 Å². The Hall–Kier alpha value is -2.37. The fourth-order valence-corrected chi connectivity index (χ4v) is 2.84. The summed E-state index contributed by atoms with van der Waals surface area (Å²) in [4.78, 5) is 17.4. The zero-order chi connectivity index (χ0) is 18.5. The van der Waals surface area contributed by atoms with E-state index in [1.807, 2.05) is 30.3 Å². The molecule has 26 heavy (non-hydrogen) atoms. The molecule has 1 aromatic heterocycles. The molecule has 0 fully saturated rings. The Morgan fingerprint density at radius 2 is 1.92 bits per heavy atom. The average molecular weight is 390 g/mol. The number of halogens is 2. The van der Waals surface area contributed by atoms with Gasteiger partial charge in [0.15, 0.2) is 5.82 Å². The maximum Gasteiger partial charge on any atom is 0.336 e. The van der Waals surface area contributed by atoms with E-state index in [9.17, 15) is 4.79 Å². The molecule has 0 bridgehead atoms. The number of carbonyl (C=O) groups excluding carboxylic acids is 1. The fourth-order valence-electron chi connectivity index (χ4n) is 2.35. The van der Waals surface area contributed by atoms with E-state index in [1.165, 1.54) is 10.7 Å². The minimum Gasteiger partial charge on any atom is -0.462 e. The Kier molecular flexibility index (Phi) is 5.91. The van der Waals surface area contributed by atoms with E-state index in [0.717, 1.165) is 18.4 Å². The minimum absolute atomic E-state index is 0.163. The smallest absolute Gasteiger partial charge is 0.336 e. The van der Waals surface area contributed by atoms with Crippen molar-refractivity contribution in [1.29, 1.82) is 0 Å². The maximum atomic E-state index is 13.0. The number of hydrogen-bond acceptors (Lipinski definition) is 4. The van der Waals surface area contributed by atoms with Crippen molar-refractivity contribution >= 4 is 29.1 Å². The molecule has 0 unspecified atom stereocenters.